The number of benzene rings is 1. The summed E-state index contributed by atoms with van der Waals surface area (Å²) >= 11 is 1.60. The normalized spacial score (nSPS) is 10.9. The van der Waals surface area contributed by atoms with Gasteiger partial charge in [0, 0.05) is 41.4 Å². The Morgan fingerprint density at radius 3 is 2.63 bits per heavy atom. The van der Waals surface area contributed by atoms with Crippen LogP contribution in [-0.4, -0.2) is 15.9 Å². The van der Waals surface area contributed by atoms with E-state index in [2.05, 4.69) is 24.1 Å². The van der Waals surface area contributed by atoms with E-state index in [0.29, 0.717) is 6.04 Å². The van der Waals surface area contributed by atoms with Crippen molar-refractivity contribution in [1.29, 1.82) is 0 Å². The fourth-order valence-electron chi connectivity index (χ4n) is 1.55. The van der Waals surface area contributed by atoms with E-state index in [9.17, 15) is 10.1 Å². The number of hydrogen-bond donors (Lipinski definition) is 1. The van der Waals surface area contributed by atoms with Gasteiger partial charge in [0.15, 0.2) is 0 Å². The monoisotopic (exact) mass is 277 g/mol. The summed E-state index contributed by atoms with van der Waals surface area (Å²) in [4.78, 5) is 15.7. The van der Waals surface area contributed by atoms with E-state index in [1.807, 2.05) is 6.20 Å². The van der Waals surface area contributed by atoms with Crippen molar-refractivity contribution in [3.63, 3.8) is 0 Å². The lowest BCUT2D eigenvalue weighted by molar-refractivity contribution is -0.384. The molecule has 1 aromatic carbocycles. The number of nitro benzene ring substituents is 1. The first-order chi connectivity index (χ1) is 9.06. The van der Waals surface area contributed by atoms with Crippen LogP contribution in [0.25, 0.3) is 10.6 Å². The minimum atomic E-state index is -0.399. The van der Waals surface area contributed by atoms with Gasteiger partial charge in [-0.15, -0.1) is 11.3 Å². The molecule has 2 rings (SSSR count). The van der Waals surface area contributed by atoms with Crippen molar-refractivity contribution in [2.75, 3.05) is 0 Å². The standard InChI is InChI=1S/C13H15N3O2S/c1-9(2)14-7-12-8-15-13(19-12)10-3-5-11(6-4-10)16(17)18/h3-6,8-9,14H,7H2,1-2H3. The van der Waals surface area contributed by atoms with Gasteiger partial charge in [-0.1, -0.05) is 13.8 Å². The van der Waals surface area contributed by atoms with Gasteiger partial charge in [-0.3, -0.25) is 10.1 Å². The number of nitrogens with one attached hydrogen (secondary N) is 1. The Morgan fingerprint density at radius 2 is 2.05 bits per heavy atom. The fourth-order valence-corrected chi connectivity index (χ4v) is 2.42. The number of thiazole rings is 1. The molecule has 0 atom stereocenters. The first-order valence-electron chi connectivity index (χ1n) is 5.99. The summed E-state index contributed by atoms with van der Waals surface area (Å²) in [6.07, 6.45) is 1.84. The van der Waals surface area contributed by atoms with E-state index in [4.69, 9.17) is 0 Å². The molecule has 1 heterocycles. The third-order valence-electron chi connectivity index (χ3n) is 2.56. The fraction of sp³-hybridized carbons (Fsp3) is 0.308. The number of nitro groups is 1. The Kier molecular flexibility index (Phi) is 4.24. The summed E-state index contributed by atoms with van der Waals surface area (Å²) in [6, 6.07) is 6.91. The van der Waals surface area contributed by atoms with Crippen LogP contribution in [0, 0.1) is 10.1 Å². The maximum atomic E-state index is 10.6. The molecule has 5 nitrogen and oxygen atoms in total. The second-order valence-corrected chi connectivity index (χ2v) is 5.59. The average molecular weight is 277 g/mol. The zero-order chi connectivity index (χ0) is 13.8. The number of non-ortho nitro benzene ring substituents is 1. The smallest absolute Gasteiger partial charge is 0.269 e. The molecule has 0 aliphatic rings. The first-order valence-corrected chi connectivity index (χ1v) is 6.81. The molecule has 6 heteroatoms. The number of rotatable bonds is 5. The van der Waals surface area contributed by atoms with E-state index in [0.717, 1.165) is 22.0 Å². The van der Waals surface area contributed by atoms with Crippen LogP contribution < -0.4 is 5.32 Å². The molecule has 0 amide bonds. The predicted molar refractivity (Wildman–Crippen MR) is 76.2 cm³/mol. The van der Waals surface area contributed by atoms with Gasteiger partial charge in [0.2, 0.25) is 0 Å². The maximum Gasteiger partial charge on any atom is 0.269 e. The molecule has 0 unspecified atom stereocenters. The second kappa shape index (κ2) is 5.90. The highest BCUT2D eigenvalue weighted by Crippen LogP contribution is 2.26. The molecule has 0 saturated carbocycles. The van der Waals surface area contributed by atoms with Gasteiger partial charge in [0.25, 0.3) is 5.69 Å². The van der Waals surface area contributed by atoms with Gasteiger partial charge in [-0.05, 0) is 12.1 Å². The topological polar surface area (TPSA) is 68.1 Å². The van der Waals surface area contributed by atoms with Gasteiger partial charge < -0.3 is 5.32 Å². The molecule has 100 valence electrons. The Bertz CT molecular complexity index is 564. The van der Waals surface area contributed by atoms with E-state index in [1.165, 1.54) is 12.1 Å². The SMILES string of the molecule is CC(C)NCc1cnc(-c2ccc([N+](=O)[O-])cc2)s1. The highest BCUT2D eigenvalue weighted by Gasteiger charge is 2.08. The predicted octanol–water partition coefficient (Wildman–Crippen LogP) is 3.22. The van der Waals surface area contributed by atoms with Crippen LogP contribution in [0.15, 0.2) is 30.5 Å². The molecular formula is C13H15N3O2S. The largest absolute Gasteiger partial charge is 0.310 e. The highest BCUT2D eigenvalue weighted by molar-refractivity contribution is 7.15. The summed E-state index contributed by atoms with van der Waals surface area (Å²) in [5.74, 6) is 0. The molecule has 0 bridgehead atoms. The van der Waals surface area contributed by atoms with Crippen molar-refractivity contribution >= 4 is 17.0 Å². The van der Waals surface area contributed by atoms with Crippen LogP contribution >= 0.6 is 11.3 Å². The third-order valence-corrected chi connectivity index (χ3v) is 3.61. The van der Waals surface area contributed by atoms with Crippen LogP contribution in [0.2, 0.25) is 0 Å². The lowest BCUT2D eigenvalue weighted by atomic mass is 10.2. The Hall–Kier alpha value is -1.79. The third kappa shape index (κ3) is 3.59. The van der Waals surface area contributed by atoms with E-state index in [-0.39, 0.29) is 5.69 Å². The number of hydrogen-bond acceptors (Lipinski definition) is 5. The van der Waals surface area contributed by atoms with E-state index < -0.39 is 4.92 Å². The second-order valence-electron chi connectivity index (χ2n) is 4.47. The summed E-state index contributed by atoms with van der Waals surface area (Å²) < 4.78 is 0. The quantitative estimate of drug-likeness (QED) is 0.673. The summed E-state index contributed by atoms with van der Waals surface area (Å²) in [7, 11) is 0. The molecule has 0 spiro atoms. The van der Waals surface area contributed by atoms with Crippen molar-refractivity contribution in [3.05, 3.63) is 45.5 Å². The Morgan fingerprint density at radius 1 is 1.37 bits per heavy atom. The minimum absolute atomic E-state index is 0.0991. The van der Waals surface area contributed by atoms with Crippen LogP contribution in [-0.2, 0) is 6.54 Å². The van der Waals surface area contributed by atoms with Gasteiger partial charge >= 0.3 is 0 Å². The van der Waals surface area contributed by atoms with Crippen molar-refractivity contribution in [1.82, 2.24) is 10.3 Å². The Balaban J connectivity index is 2.11. The highest BCUT2D eigenvalue weighted by atomic mass is 32.1. The molecule has 1 aromatic heterocycles. The number of nitrogens with zero attached hydrogens (tertiary/aromatic N) is 2. The average Bonchev–Trinajstić information content (AvgIpc) is 2.85. The summed E-state index contributed by atoms with van der Waals surface area (Å²) in [6.45, 7) is 4.98. The summed E-state index contributed by atoms with van der Waals surface area (Å²) in [5, 5.41) is 14.8. The maximum absolute atomic E-state index is 10.6. The van der Waals surface area contributed by atoms with E-state index in [1.54, 1.807) is 23.5 Å². The van der Waals surface area contributed by atoms with Crippen molar-refractivity contribution in [2.45, 2.75) is 26.4 Å². The zero-order valence-electron chi connectivity index (χ0n) is 10.8. The number of aromatic nitrogens is 1. The van der Waals surface area contributed by atoms with Gasteiger partial charge in [0.1, 0.15) is 5.01 Å². The Labute approximate surface area is 115 Å². The summed E-state index contributed by atoms with van der Waals surface area (Å²) in [5.41, 5.74) is 1.01. The molecule has 0 fully saturated rings. The van der Waals surface area contributed by atoms with Gasteiger partial charge in [-0.2, -0.15) is 0 Å². The van der Waals surface area contributed by atoms with Crippen LogP contribution in [0.1, 0.15) is 18.7 Å². The van der Waals surface area contributed by atoms with Gasteiger partial charge in [0.05, 0.1) is 4.92 Å². The zero-order valence-corrected chi connectivity index (χ0v) is 11.6. The molecule has 0 aliphatic carbocycles. The lowest BCUT2D eigenvalue weighted by Gasteiger charge is -2.04. The molecule has 0 radical (unpaired) electrons. The molecule has 0 aliphatic heterocycles. The first kappa shape index (κ1) is 13.6. The minimum Gasteiger partial charge on any atom is -0.310 e. The van der Waals surface area contributed by atoms with Crippen molar-refractivity contribution < 1.29 is 4.92 Å². The molecular weight excluding hydrogens is 262 g/mol. The van der Waals surface area contributed by atoms with E-state index >= 15 is 0 Å². The van der Waals surface area contributed by atoms with Crippen LogP contribution in [0.4, 0.5) is 5.69 Å². The van der Waals surface area contributed by atoms with Crippen LogP contribution in [0.5, 0.6) is 0 Å². The van der Waals surface area contributed by atoms with Gasteiger partial charge in [-0.25, -0.2) is 4.98 Å². The lowest BCUT2D eigenvalue weighted by Crippen LogP contribution is -2.21. The van der Waals surface area contributed by atoms with Crippen molar-refractivity contribution in [3.8, 4) is 10.6 Å². The molecule has 1 N–H and O–H groups in total. The molecule has 0 saturated heterocycles. The van der Waals surface area contributed by atoms with Crippen LogP contribution in [0.3, 0.4) is 0 Å². The molecule has 2 aromatic rings. The molecule has 19 heavy (non-hydrogen) atoms. The van der Waals surface area contributed by atoms with Crippen molar-refractivity contribution in [2.24, 2.45) is 0 Å².